The summed E-state index contributed by atoms with van der Waals surface area (Å²) < 4.78 is -0.112. The quantitative estimate of drug-likeness (QED) is 0.327. The lowest BCUT2D eigenvalue weighted by molar-refractivity contribution is 0.942. The summed E-state index contributed by atoms with van der Waals surface area (Å²) in [6.45, 7) is 5.83. The minimum atomic E-state index is -0.799. The number of hydrogen-bond donors (Lipinski definition) is 0. The van der Waals surface area contributed by atoms with E-state index in [1.165, 1.54) is 0 Å². The molecule has 1 saturated carbocycles. The Morgan fingerprint density at radius 2 is 1.76 bits per heavy atom. The van der Waals surface area contributed by atoms with E-state index in [0.29, 0.717) is 14.5 Å². The predicted octanol–water partition coefficient (Wildman–Crippen LogP) is 6.22. The van der Waals surface area contributed by atoms with Crippen LogP contribution < -0.4 is 0 Å². The van der Waals surface area contributed by atoms with Gasteiger partial charge in [-0.3, -0.25) is 0 Å². The van der Waals surface area contributed by atoms with Crippen LogP contribution in [0.2, 0.25) is 10.0 Å². The summed E-state index contributed by atoms with van der Waals surface area (Å²) in [6, 6.07) is 3.68. The molecule has 0 amide bonds. The number of halogens is 5. The molecule has 1 aromatic carbocycles. The molecule has 0 radical (unpaired) electrons. The van der Waals surface area contributed by atoms with E-state index in [4.69, 9.17) is 46.4 Å². The molecular formula is C12H9BrCl4. The van der Waals surface area contributed by atoms with Crippen molar-refractivity contribution in [2.24, 2.45) is 5.92 Å². The highest BCUT2D eigenvalue weighted by Gasteiger charge is 2.64. The maximum absolute atomic E-state index is 6.25. The average Bonchev–Trinajstić information content (AvgIpc) is 2.77. The van der Waals surface area contributed by atoms with Crippen molar-refractivity contribution in [2.45, 2.75) is 17.2 Å². The molecule has 1 aliphatic carbocycles. The van der Waals surface area contributed by atoms with Crippen LogP contribution in [0.25, 0.3) is 0 Å². The van der Waals surface area contributed by atoms with Gasteiger partial charge in [-0.05, 0) is 40.5 Å². The van der Waals surface area contributed by atoms with Crippen molar-refractivity contribution < 1.29 is 0 Å². The largest absolute Gasteiger partial charge is 0.132 e. The first-order chi connectivity index (χ1) is 7.76. The van der Waals surface area contributed by atoms with E-state index in [1.807, 2.05) is 19.1 Å². The van der Waals surface area contributed by atoms with Gasteiger partial charge in [0.25, 0.3) is 0 Å². The van der Waals surface area contributed by atoms with Crippen molar-refractivity contribution in [1.29, 1.82) is 0 Å². The molecule has 17 heavy (non-hydrogen) atoms. The minimum Gasteiger partial charge on any atom is -0.100 e. The molecule has 0 spiro atoms. The molecule has 1 aromatic rings. The Labute approximate surface area is 129 Å². The molecule has 0 saturated heterocycles. The van der Waals surface area contributed by atoms with Gasteiger partial charge in [0, 0.05) is 11.8 Å². The summed E-state index contributed by atoms with van der Waals surface area (Å²) in [6.07, 6.45) is 0. The molecule has 5 heteroatoms. The van der Waals surface area contributed by atoms with Crippen LogP contribution >= 0.6 is 62.3 Å². The van der Waals surface area contributed by atoms with Gasteiger partial charge in [-0.15, -0.1) is 23.2 Å². The fourth-order valence-corrected chi connectivity index (χ4v) is 3.84. The van der Waals surface area contributed by atoms with E-state index in [1.54, 1.807) is 0 Å². The number of rotatable bonds is 2. The molecule has 2 rings (SSSR count). The first-order valence-corrected chi connectivity index (χ1v) is 7.25. The second-order valence-electron chi connectivity index (χ2n) is 4.27. The molecule has 0 N–H and O–H groups in total. The third-order valence-electron chi connectivity index (χ3n) is 2.95. The maximum atomic E-state index is 6.25. The summed E-state index contributed by atoms with van der Waals surface area (Å²) in [5, 5.41) is 1.12. The minimum absolute atomic E-state index is 0.00596. The summed E-state index contributed by atoms with van der Waals surface area (Å²) in [5.41, 5.74) is 1.91. The molecule has 0 aromatic heterocycles. The molecule has 92 valence electrons. The first-order valence-electron chi connectivity index (χ1n) is 4.94. The van der Waals surface area contributed by atoms with Gasteiger partial charge in [-0.25, -0.2) is 0 Å². The van der Waals surface area contributed by atoms with Gasteiger partial charge in [-0.1, -0.05) is 35.4 Å². The van der Waals surface area contributed by atoms with E-state index < -0.39 is 4.33 Å². The Kier molecular flexibility index (Phi) is 3.80. The lowest BCUT2D eigenvalue weighted by Gasteiger charge is -2.05. The van der Waals surface area contributed by atoms with Crippen molar-refractivity contribution >= 4 is 62.3 Å². The number of hydrogen-bond acceptors (Lipinski definition) is 0. The smallest absolute Gasteiger partial charge is 0.100 e. The Hall–Kier alpha value is 0.600. The standard InChI is InChI=1S/C12H9BrCl4/c1-5(2)9-10(12(9,16)17)6-3-7(14)11(13)8(15)4-6/h3-4,9-10H,1H2,2H3. The lowest BCUT2D eigenvalue weighted by Crippen LogP contribution is -1.91. The highest BCUT2D eigenvalue weighted by Crippen LogP contribution is 2.67. The molecular weight excluding hydrogens is 366 g/mol. The summed E-state index contributed by atoms with van der Waals surface area (Å²) in [5.74, 6) is 0.0607. The molecule has 1 aliphatic rings. The lowest BCUT2D eigenvalue weighted by atomic mass is 10.1. The zero-order chi connectivity index (χ0) is 13.0. The van der Waals surface area contributed by atoms with E-state index in [9.17, 15) is 0 Å². The van der Waals surface area contributed by atoms with Crippen LogP contribution in [0.3, 0.4) is 0 Å². The Morgan fingerprint density at radius 1 is 1.29 bits per heavy atom. The number of allylic oxidation sites excluding steroid dienone is 1. The van der Waals surface area contributed by atoms with Crippen molar-refractivity contribution in [3.8, 4) is 0 Å². The zero-order valence-electron chi connectivity index (χ0n) is 8.91. The molecule has 0 nitrogen and oxygen atoms in total. The van der Waals surface area contributed by atoms with E-state index in [2.05, 4.69) is 22.5 Å². The fourth-order valence-electron chi connectivity index (χ4n) is 2.11. The van der Waals surface area contributed by atoms with Crippen molar-refractivity contribution in [1.82, 2.24) is 0 Å². The van der Waals surface area contributed by atoms with Gasteiger partial charge in [0.1, 0.15) is 4.33 Å². The van der Waals surface area contributed by atoms with Gasteiger partial charge < -0.3 is 0 Å². The van der Waals surface area contributed by atoms with Gasteiger partial charge >= 0.3 is 0 Å². The second-order valence-corrected chi connectivity index (χ2v) is 7.33. The van der Waals surface area contributed by atoms with Crippen LogP contribution in [-0.2, 0) is 0 Å². The van der Waals surface area contributed by atoms with Gasteiger partial charge in [-0.2, -0.15) is 0 Å². The van der Waals surface area contributed by atoms with E-state index >= 15 is 0 Å². The molecule has 2 atom stereocenters. The normalized spacial score (nSPS) is 25.8. The Balaban J connectivity index is 2.41. The average molecular weight is 375 g/mol. The summed E-state index contributed by atoms with van der Waals surface area (Å²) in [7, 11) is 0. The monoisotopic (exact) mass is 372 g/mol. The predicted molar refractivity (Wildman–Crippen MR) is 79.6 cm³/mol. The molecule has 2 unspecified atom stereocenters. The SMILES string of the molecule is C=C(C)C1C(c2cc(Cl)c(Br)c(Cl)c2)C1(Cl)Cl. The van der Waals surface area contributed by atoms with Crippen LogP contribution in [-0.4, -0.2) is 4.33 Å². The van der Waals surface area contributed by atoms with Crippen LogP contribution in [0.5, 0.6) is 0 Å². The van der Waals surface area contributed by atoms with Gasteiger partial charge in [0.15, 0.2) is 0 Å². The van der Waals surface area contributed by atoms with E-state index in [-0.39, 0.29) is 11.8 Å². The molecule has 0 bridgehead atoms. The first kappa shape index (κ1) is 14.0. The van der Waals surface area contributed by atoms with Crippen LogP contribution in [0, 0.1) is 5.92 Å². The van der Waals surface area contributed by atoms with Crippen LogP contribution in [0.4, 0.5) is 0 Å². The highest BCUT2D eigenvalue weighted by atomic mass is 79.9. The molecule has 1 fully saturated rings. The van der Waals surface area contributed by atoms with Crippen molar-refractivity contribution in [3.63, 3.8) is 0 Å². The Morgan fingerprint density at radius 3 is 2.12 bits per heavy atom. The van der Waals surface area contributed by atoms with Crippen molar-refractivity contribution in [2.75, 3.05) is 0 Å². The summed E-state index contributed by atoms with van der Waals surface area (Å²) >= 11 is 28.0. The third-order valence-corrected chi connectivity index (χ3v) is 5.80. The van der Waals surface area contributed by atoms with Gasteiger partial charge in [0.2, 0.25) is 0 Å². The maximum Gasteiger partial charge on any atom is 0.132 e. The Bertz CT molecular complexity index is 472. The van der Waals surface area contributed by atoms with Gasteiger partial charge in [0.05, 0.1) is 14.5 Å². The fraction of sp³-hybridized carbons (Fsp3) is 0.333. The molecule has 0 aliphatic heterocycles. The van der Waals surface area contributed by atoms with Crippen molar-refractivity contribution in [3.05, 3.63) is 44.4 Å². The van der Waals surface area contributed by atoms with Crippen LogP contribution in [0.1, 0.15) is 18.4 Å². The highest BCUT2D eigenvalue weighted by molar-refractivity contribution is 9.10. The number of benzene rings is 1. The molecule has 0 heterocycles. The third kappa shape index (κ3) is 2.37. The van der Waals surface area contributed by atoms with E-state index in [0.717, 1.165) is 11.1 Å². The zero-order valence-corrected chi connectivity index (χ0v) is 13.5. The number of alkyl halides is 2. The van der Waals surface area contributed by atoms with Crippen LogP contribution in [0.15, 0.2) is 28.8 Å². The topological polar surface area (TPSA) is 0 Å². The second kappa shape index (κ2) is 4.61. The summed E-state index contributed by atoms with van der Waals surface area (Å²) in [4.78, 5) is 0.